The van der Waals surface area contributed by atoms with E-state index in [-0.39, 0.29) is 0 Å². The van der Waals surface area contributed by atoms with Crippen LogP contribution >= 0.6 is 0 Å². The molecular weight excluding hydrogens is 242 g/mol. The van der Waals surface area contributed by atoms with Crippen LogP contribution in [0.5, 0.6) is 0 Å². The Hall–Kier alpha value is -2.41. The SMILES string of the molecule is c1ccc(-c2ccc3c(c2)CCc2ncccc2-3)cc1. The van der Waals surface area contributed by atoms with E-state index < -0.39 is 0 Å². The summed E-state index contributed by atoms with van der Waals surface area (Å²) in [6.07, 6.45) is 4.02. The van der Waals surface area contributed by atoms with Crippen LogP contribution in [-0.2, 0) is 12.8 Å². The average Bonchev–Trinajstić information content (AvgIpc) is 2.55. The first-order chi connectivity index (χ1) is 9.92. The molecule has 0 saturated heterocycles. The van der Waals surface area contributed by atoms with Crippen LogP contribution < -0.4 is 0 Å². The molecule has 2 aromatic carbocycles. The summed E-state index contributed by atoms with van der Waals surface area (Å²) in [5, 5.41) is 0. The third-order valence-corrected chi connectivity index (χ3v) is 4.02. The molecule has 1 nitrogen and oxygen atoms in total. The average molecular weight is 257 g/mol. The van der Waals surface area contributed by atoms with Gasteiger partial charge in [0.2, 0.25) is 0 Å². The Morgan fingerprint density at radius 1 is 0.700 bits per heavy atom. The molecular formula is C19H15N. The summed E-state index contributed by atoms with van der Waals surface area (Å²) in [4.78, 5) is 4.50. The van der Waals surface area contributed by atoms with Crippen molar-refractivity contribution in [1.82, 2.24) is 4.98 Å². The van der Waals surface area contributed by atoms with E-state index in [4.69, 9.17) is 0 Å². The molecule has 0 aliphatic heterocycles. The molecule has 4 rings (SSSR count). The molecule has 96 valence electrons. The fourth-order valence-corrected chi connectivity index (χ4v) is 3.01. The third-order valence-electron chi connectivity index (χ3n) is 4.02. The third kappa shape index (κ3) is 1.83. The number of pyridine rings is 1. The van der Waals surface area contributed by atoms with Gasteiger partial charge in [0.25, 0.3) is 0 Å². The Balaban J connectivity index is 1.85. The summed E-state index contributed by atoms with van der Waals surface area (Å²) in [5.74, 6) is 0. The molecule has 0 unspecified atom stereocenters. The largest absolute Gasteiger partial charge is 0.261 e. The van der Waals surface area contributed by atoms with E-state index >= 15 is 0 Å². The predicted molar refractivity (Wildman–Crippen MR) is 82.5 cm³/mol. The van der Waals surface area contributed by atoms with Gasteiger partial charge in [0, 0.05) is 17.5 Å². The molecule has 0 bridgehead atoms. The first-order valence-electron chi connectivity index (χ1n) is 7.04. The van der Waals surface area contributed by atoms with Crippen LogP contribution in [0.3, 0.4) is 0 Å². The quantitative estimate of drug-likeness (QED) is 0.625. The second kappa shape index (κ2) is 4.61. The molecule has 0 amide bonds. The maximum absolute atomic E-state index is 4.50. The molecule has 1 aliphatic carbocycles. The lowest BCUT2D eigenvalue weighted by molar-refractivity contribution is 0.896. The van der Waals surface area contributed by atoms with Crippen LogP contribution in [0.15, 0.2) is 66.9 Å². The van der Waals surface area contributed by atoms with Crippen molar-refractivity contribution in [3.05, 3.63) is 78.1 Å². The second-order valence-corrected chi connectivity index (χ2v) is 5.24. The van der Waals surface area contributed by atoms with Gasteiger partial charge < -0.3 is 0 Å². The second-order valence-electron chi connectivity index (χ2n) is 5.24. The van der Waals surface area contributed by atoms with Crippen LogP contribution in [-0.4, -0.2) is 4.98 Å². The van der Waals surface area contributed by atoms with Crippen LogP contribution in [0.1, 0.15) is 11.3 Å². The van der Waals surface area contributed by atoms with E-state index in [0.717, 1.165) is 12.8 Å². The molecule has 0 N–H and O–H groups in total. The molecule has 0 atom stereocenters. The molecule has 20 heavy (non-hydrogen) atoms. The Morgan fingerprint density at radius 2 is 1.60 bits per heavy atom. The highest BCUT2D eigenvalue weighted by molar-refractivity contribution is 5.76. The van der Waals surface area contributed by atoms with Gasteiger partial charge in [0.05, 0.1) is 0 Å². The highest BCUT2D eigenvalue weighted by Gasteiger charge is 2.16. The van der Waals surface area contributed by atoms with Crippen LogP contribution in [0, 0.1) is 0 Å². The number of aryl methyl sites for hydroxylation is 2. The maximum atomic E-state index is 4.50. The van der Waals surface area contributed by atoms with Crippen molar-refractivity contribution >= 4 is 0 Å². The Morgan fingerprint density at radius 3 is 2.50 bits per heavy atom. The number of hydrogen-bond donors (Lipinski definition) is 0. The van der Waals surface area contributed by atoms with Crippen molar-refractivity contribution in [2.24, 2.45) is 0 Å². The van der Waals surface area contributed by atoms with Gasteiger partial charge in [-0.2, -0.15) is 0 Å². The summed E-state index contributed by atoms with van der Waals surface area (Å²) in [7, 11) is 0. The lowest BCUT2D eigenvalue weighted by Crippen LogP contribution is -2.05. The summed E-state index contributed by atoms with van der Waals surface area (Å²) in [5.41, 5.74) is 7.90. The van der Waals surface area contributed by atoms with Gasteiger partial charge in [-0.05, 0) is 41.2 Å². The molecule has 1 aromatic heterocycles. The molecule has 0 radical (unpaired) electrons. The van der Waals surface area contributed by atoms with E-state index in [9.17, 15) is 0 Å². The van der Waals surface area contributed by atoms with Crippen molar-refractivity contribution < 1.29 is 0 Å². The number of rotatable bonds is 1. The van der Waals surface area contributed by atoms with Gasteiger partial charge in [-0.1, -0.05) is 54.6 Å². The van der Waals surface area contributed by atoms with E-state index in [1.54, 1.807) is 0 Å². The minimum absolute atomic E-state index is 1.04. The van der Waals surface area contributed by atoms with E-state index in [2.05, 4.69) is 59.6 Å². The van der Waals surface area contributed by atoms with Gasteiger partial charge in [0.1, 0.15) is 0 Å². The van der Waals surface area contributed by atoms with Gasteiger partial charge in [-0.15, -0.1) is 0 Å². The van der Waals surface area contributed by atoms with Crippen molar-refractivity contribution in [3.63, 3.8) is 0 Å². The number of benzene rings is 2. The predicted octanol–water partition coefficient (Wildman–Crippen LogP) is 4.51. The number of fused-ring (bicyclic) bond motifs is 3. The summed E-state index contributed by atoms with van der Waals surface area (Å²) in [6.45, 7) is 0. The number of hydrogen-bond acceptors (Lipinski definition) is 1. The summed E-state index contributed by atoms with van der Waals surface area (Å²) >= 11 is 0. The van der Waals surface area contributed by atoms with Crippen molar-refractivity contribution in [2.75, 3.05) is 0 Å². The highest BCUT2D eigenvalue weighted by Crippen LogP contribution is 2.34. The molecule has 0 fully saturated rings. The first-order valence-corrected chi connectivity index (χ1v) is 7.04. The summed E-state index contributed by atoms with van der Waals surface area (Å²) < 4.78 is 0. The van der Waals surface area contributed by atoms with E-state index in [0.29, 0.717) is 0 Å². The monoisotopic (exact) mass is 257 g/mol. The van der Waals surface area contributed by atoms with Gasteiger partial charge >= 0.3 is 0 Å². The first kappa shape index (κ1) is 11.4. The smallest absolute Gasteiger partial charge is 0.0485 e. The van der Waals surface area contributed by atoms with Crippen LogP contribution in [0.2, 0.25) is 0 Å². The molecule has 0 saturated carbocycles. The molecule has 1 heterocycles. The van der Waals surface area contributed by atoms with Crippen LogP contribution in [0.4, 0.5) is 0 Å². The van der Waals surface area contributed by atoms with Crippen molar-refractivity contribution in [1.29, 1.82) is 0 Å². The fourth-order valence-electron chi connectivity index (χ4n) is 3.01. The Labute approximate surface area is 118 Å². The standard InChI is InChI=1S/C19H15N/c1-2-5-14(6-3-1)15-8-10-17-16(13-15)9-11-19-18(17)7-4-12-20-19/h1-8,10,12-13H,9,11H2. The zero-order valence-corrected chi connectivity index (χ0v) is 11.2. The van der Waals surface area contributed by atoms with Gasteiger partial charge in [-0.25, -0.2) is 0 Å². The zero-order valence-electron chi connectivity index (χ0n) is 11.2. The molecule has 0 spiro atoms. The molecule has 3 aromatic rings. The zero-order chi connectivity index (χ0) is 13.4. The fraction of sp³-hybridized carbons (Fsp3) is 0.105. The highest BCUT2D eigenvalue weighted by atomic mass is 14.7. The van der Waals surface area contributed by atoms with E-state index in [1.807, 2.05) is 12.3 Å². The number of nitrogens with zero attached hydrogens (tertiary/aromatic N) is 1. The molecule has 1 heteroatoms. The normalized spacial score (nSPS) is 12.6. The number of aromatic nitrogens is 1. The van der Waals surface area contributed by atoms with Crippen LogP contribution in [0.25, 0.3) is 22.3 Å². The Kier molecular flexibility index (Phi) is 2.63. The lowest BCUT2D eigenvalue weighted by Gasteiger charge is -2.19. The van der Waals surface area contributed by atoms with Crippen molar-refractivity contribution in [3.8, 4) is 22.3 Å². The summed E-state index contributed by atoms with van der Waals surface area (Å²) in [6, 6.07) is 21.6. The van der Waals surface area contributed by atoms with Gasteiger partial charge in [-0.3, -0.25) is 4.98 Å². The maximum Gasteiger partial charge on any atom is 0.0485 e. The van der Waals surface area contributed by atoms with Crippen molar-refractivity contribution in [2.45, 2.75) is 12.8 Å². The van der Waals surface area contributed by atoms with E-state index in [1.165, 1.54) is 33.5 Å². The topological polar surface area (TPSA) is 12.9 Å². The minimum Gasteiger partial charge on any atom is -0.261 e. The molecule has 1 aliphatic rings. The van der Waals surface area contributed by atoms with Gasteiger partial charge in [0.15, 0.2) is 0 Å². The lowest BCUT2D eigenvalue weighted by atomic mass is 9.86. The minimum atomic E-state index is 1.04. The Bertz CT molecular complexity index is 760.